The Morgan fingerprint density at radius 3 is 2.57 bits per heavy atom. The zero-order valence-electron chi connectivity index (χ0n) is 9.04. The van der Waals surface area contributed by atoms with Crippen LogP contribution in [-0.2, 0) is 19.1 Å². The van der Waals surface area contributed by atoms with Crippen LogP contribution in [0.25, 0.3) is 0 Å². The molecule has 0 aliphatic carbocycles. The predicted octanol–water partition coefficient (Wildman–Crippen LogP) is 1.53. The molecule has 0 N–H and O–H groups in total. The van der Waals surface area contributed by atoms with Gasteiger partial charge >= 0.3 is 5.97 Å². The Labute approximate surface area is 84.6 Å². The van der Waals surface area contributed by atoms with Gasteiger partial charge in [-0.15, -0.1) is 0 Å². The second-order valence-electron chi connectivity index (χ2n) is 3.84. The standard InChI is InChI=1S/C10H18O4/c1-4-5-9(12)14-8-13-7-10(2,3)6-11/h6H,4-5,7-8H2,1-3H3. The molecule has 0 atom stereocenters. The Morgan fingerprint density at radius 1 is 1.43 bits per heavy atom. The van der Waals surface area contributed by atoms with Gasteiger partial charge in [0.2, 0.25) is 0 Å². The molecule has 0 fully saturated rings. The van der Waals surface area contributed by atoms with Crippen molar-refractivity contribution in [3.05, 3.63) is 0 Å². The second-order valence-corrected chi connectivity index (χ2v) is 3.84. The van der Waals surface area contributed by atoms with Gasteiger partial charge in [0.15, 0.2) is 6.79 Å². The fourth-order valence-electron chi connectivity index (χ4n) is 0.722. The topological polar surface area (TPSA) is 52.6 Å². The number of ether oxygens (including phenoxy) is 2. The van der Waals surface area contributed by atoms with Crippen LogP contribution >= 0.6 is 0 Å². The van der Waals surface area contributed by atoms with E-state index in [1.165, 1.54) is 0 Å². The normalized spacial score (nSPS) is 11.1. The Bertz CT molecular complexity index is 187. The summed E-state index contributed by atoms with van der Waals surface area (Å²) in [4.78, 5) is 21.3. The quantitative estimate of drug-likeness (QED) is 0.272. The van der Waals surface area contributed by atoms with Crippen LogP contribution in [0.2, 0.25) is 0 Å². The Morgan fingerprint density at radius 2 is 2.07 bits per heavy atom. The monoisotopic (exact) mass is 202 g/mol. The first-order valence-electron chi connectivity index (χ1n) is 4.71. The average Bonchev–Trinajstić information content (AvgIpc) is 2.13. The van der Waals surface area contributed by atoms with Crippen LogP contribution in [-0.4, -0.2) is 25.7 Å². The van der Waals surface area contributed by atoms with Crippen LogP contribution < -0.4 is 0 Å². The van der Waals surface area contributed by atoms with E-state index in [9.17, 15) is 9.59 Å². The molecule has 0 aliphatic heterocycles. The van der Waals surface area contributed by atoms with Gasteiger partial charge in [-0.1, -0.05) is 20.8 Å². The number of esters is 1. The lowest BCUT2D eigenvalue weighted by molar-refractivity contribution is -0.158. The van der Waals surface area contributed by atoms with Crippen molar-refractivity contribution in [1.29, 1.82) is 0 Å². The van der Waals surface area contributed by atoms with E-state index in [2.05, 4.69) is 0 Å². The molecule has 0 saturated heterocycles. The van der Waals surface area contributed by atoms with Gasteiger partial charge in [0.05, 0.1) is 6.61 Å². The molecule has 4 nitrogen and oxygen atoms in total. The van der Waals surface area contributed by atoms with Crippen LogP contribution in [0.15, 0.2) is 0 Å². The van der Waals surface area contributed by atoms with E-state index < -0.39 is 5.41 Å². The fraction of sp³-hybridized carbons (Fsp3) is 0.800. The molecule has 0 spiro atoms. The highest BCUT2D eigenvalue weighted by Gasteiger charge is 2.16. The SMILES string of the molecule is CCCC(=O)OCOCC(C)(C)C=O. The number of carbonyl (C=O) groups is 2. The van der Waals surface area contributed by atoms with Gasteiger partial charge in [0, 0.05) is 11.8 Å². The van der Waals surface area contributed by atoms with Gasteiger partial charge in [0.1, 0.15) is 6.29 Å². The summed E-state index contributed by atoms with van der Waals surface area (Å²) in [6, 6.07) is 0. The molecule has 0 unspecified atom stereocenters. The Kier molecular flexibility index (Phi) is 6.12. The first-order valence-corrected chi connectivity index (χ1v) is 4.71. The lowest BCUT2D eigenvalue weighted by Crippen LogP contribution is -2.22. The van der Waals surface area contributed by atoms with Crippen molar-refractivity contribution in [2.45, 2.75) is 33.6 Å². The van der Waals surface area contributed by atoms with Crippen LogP contribution in [0.1, 0.15) is 33.6 Å². The third-order valence-corrected chi connectivity index (χ3v) is 1.55. The van der Waals surface area contributed by atoms with Crippen molar-refractivity contribution in [3.8, 4) is 0 Å². The van der Waals surface area contributed by atoms with Crippen molar-refractivity contribution in [2.24, 2.45) is 5.41 Å². The third kappa shape index (κ3) is 6.60. The number of carbonyl (C=O) groups excluding carboxylic acids is 2. The van der Waals surface area contributed by atoms with E-state index in [4.69, 9.17) is 9.47 Å². The highest BCUT2D eigenvalue weighted by molar-refractivity contribution is 5.69. The molecule has 0 aromatic carbocycles. The van der Waals surface area contributed by atoms with E-state index in [-0.39, 0.29) is 19.4 Å². The van der Waals surface area contributed by atoms with Crippen molar-refractivity contribution in [1.82, 2.24) is 0 Å². The second kappa shape index (κ2) is 6.54. The van der Waals surface area contributed by atoms with E-state index in [1.54, 1.807) is 13.8 Å². The molecule has 14 heavy (non-hydrogen) atoms. The zero-order chi connectivity index (χ0) is 11.0. The smallest absolute Gasteiger partial charge is 0.307 e. The maximum absolute atomic E-state index is 10.9. The fourth-order valence-corrected chi connectivity index (χ4v) is 0.722. The molecule has 0 aromatic heterocycles. The summed E-state index contributed by atoms with van der Waals surface area (Å²) in [6.45, 7) is 5.60. The lowest BCUT2D eigenvalue weighted by atomic mass is 9.98. The summed E-state index contributed by atoms with van der Waals surface area (Å²) in [5, 5.41) is 0. The first-order chi connectivity index (χ1) is 6.52. The van der Waals surface area contributed by atoms with Crippen LogP contribution in [0.3, 0.4) is 0 Å². The van der Waals surface area contributed by atoms with Gasteiger partial charge in [-0.05, 0) is 6.42 Å². The maximum Gasteiger partial charge on any atom is 0.307 e. The van der Waals surface area contributed by atoms with E-state index in [1.807, 2.05) is 6.92 Å². The number of hydrogen-bond donors (Lipinski definition) is 0. The molecule has 0 bridgehead atoms. The van der Waals surface area contributed by atoms with Crippen molar-refractivity contribution in [2.75, 3.05) is 13.4 Å². The van der Waals surface area contributed by atoms with Crippen molar-refractivity contribution in [3.63, 3.8) is 0 Å². The number of aldehydes is 1. The van der Waals surface area contributed by atoms with Crippen molar-refractivity contribution >= 4 is 12.3 Å². The summed E-state index contributed by atoms with van der Waals surface area (Å²) < 4.78 is 9.78. The molecule has 0 radical (unpaired) electrons. The maximum atomic E-state index is 10.9. The highest BCUT2D eigenvalue weighted by atomic mass is 16.7. The number of rotatable bonds is 7. The molecule has 82 valence electrons. The predicted molar refractivity (Wildman–Crippen MR) is 51.7 cm³/mol. The van der Waals surface area contributed by atoms with E-state index >= 15 is 0 Å². The van der Waals surface area contributed by atoms with E-state index in [0.717, 1.165) is 12.7 Å². The molecular formula is C10H18O4. The molecule has 0 aliphatic rings. The molecular weight excluding hydrogens is 184 g/mol. The zero-order valence-corrected chi connectivity index (χ0v) is 9.04. The third-order valence-electron chi connectivity index (χ3n) is 1.55. The Balaban J connectivity index is 3.47. The minimum Gasteiger partial charge on any atom is -0.438 e. The van der Waals surface area contributed by atoms with Crippen LogP contribution in [0.5, 0.6) is 0 Å². The average molecular weight is 202 g/mol. The lowest BCUT2D eigenvalue weighted by Gasteiger charge is -2.16. The summed E-state index contributed by atoms with van der Waals surface area (Å²) in [5.74, 6) is -0.267. The minimum absolute atomic E-state index is 0.0733. The molecule has 4 heteroatoms. The van der Waals surface area contributed by atoms with Crippen LogP contribution in [0, 0.1) is 5.41 Å². The van der Waals surface area contributed by atoms with Gasteiger partial charge < -0.3 is 14.3 Å². The summed E-state index contributed by atoms with van der Waals surface area (Å²) in [6.07, 6.45) is 1.99. The van der Waals surface area contributed by atoms with Gasteiger partial charge in [-0.2, -0.15) is 0 Å². The number of hydrogen-bond acceptors (Lipinski definition) is 4. The molecule has 0 rings (SSSR count). The van der Waals surface area contributed by atoms with Crippen LogP contribution in [0.4, 0.5) is 0 Å². The molecule has 0 heterocycles. The summed E-state index contributed by atoms with van der Waals surface area (Å²) >= 11 is 0. The minimum atomic E-state index is -0.517. The Hall–Kier alpha value is -0.900. The molecule has 0 amide bonds. The van der Waals surface area contributed by atoms with Crippen molar-refractivity contribution < 1.29 is 19.1 Å². The highest BCUT2D eigenvalue weighted by Crippen LogP contribution is 2.10. The first kappa shape index (κ1) is 13.1. The van der Waals surface area contributed by atoms with E-state index in [0.29, 0.717) is 6.42 Å². The summed E-state index contributed by atoms with van der Waals surface area (Å²) in [5.41, 5.74) is -0.517. The largest absolute Gasteiger partial charge is 0.438 e. The van der Waals surface area contributed by atoms with Gasteiger partial charge in [-0.3, -0.25) is 4.79 Å². The van der Waals surface area contributed by atoms with Gasteiger partial charge in [0.25, 0.3) is 0 Å². The molecule has 0 aromatic rings. The van der Waals surface area contributed by atoms with Gasteiger partial charge in [-0.25, -0.2) is 0 Å². The molecule has 0 saturated carbocycles. The summed E-state index contributed by atoms with van der Waals surface area (Å²) in [7, 11) is 0.